The van der Waals surface area contributed by atoms with Crippen LogP contribution in [0.1, 0.15) is 16.7 Å². The summed E-state index contributed by atoms with van der Waals surface area (Å²) < 4.78 is 12.5. The van der Waals surface area contributed by atoms with Gasteiger partial charge in [-0.05, 0) is 39.7 Å². The second kappa shape index (κ2) is 11.3. The third kappa shape index (κ3) is 6.07. The average Bonchev–Trinajstić information content (AvgIpc) is 2.84. The van der Waals surface area contributed by atoms with E-state index in [1.165, 1.54) is 5.56 Å². The summed E-state index contributed by atoms with van der Waals surface area (Å²) in [6.07, 6.45) is 0. The molecule has 0 amide bonds. The number of methoxy groups -OCH3 is 1. The summed E-state index contributed by atoms with van der Waals surface area (Å²) in [5.41, 5.74) is 3.20. The number of thiocarbonyl (C=S) groups is 1. The van der Waals surface area contributed by atoms with Crippen molar-refractivity contribution < 1.29 is 9.47 Å². The number of rotatable bonds is 7. The smallest absolute Gasteiger partial charge is 0.175 e. The fraction of sp³-hybridized carbons (Fsp3) is 0.269. The van der Waals surface area contributed by atoms with Crippen LogP contribution in [0.4, 0.5) is 0 Å². The zero-order valence-electron chi connectivity index (χ0n) is 18.5. The van der Waals surface area contributed by atoms with Crippen LogP contribution in [0.2, 0.25) is 5.02 Å². The number of halogens is 2. The van der Waals surface area contributed by atoms with Gasteiger partial charge in [0.15, 0.2) is 11.5 Å². The van der Waals surface area contributed by atoms with Gasteiger partial charge >= 0.3 is 0 Å². The molecule has 1 heterocycles. The molecule has 172 valence electrons. The molecule has 3 aromatic rings. The molecule has 4 nitrogen and oxygen atoms in total. The lowest BCUT2D eigenvalue weighted by Crippen LogP contribution is -2.48. The third-order valence-electron chi connectivity index (χ3n) is 5.71. The Kier molecular flexibility index (Phi) is 8.25. The molecular formula is C26H26BrClN2O2S. The minimum atomic E-state index is 0.349. The molecule has 33 heavy (non-hydrogen) atoms. The highest BCUT2D eigenvalue weighted by molar-refractivity contribution is 9.10. The first-order chi connectivity index (χ1) is 16.0. The number of piperazine rings is 1. The van der Waals surface area contributed by atoms with Crippen molar-refractivity contribution in [2.45, 2.75) is 13.2 Å². The van der Waals surface area contributed by atoms with E-state index in [4.69, 9.17) is 33.3 Å². The Labute approximate surface area is 214 Å². The van der Waals surface area contributed by atoms with Crippen molar-refractivity contribution in [3.05, 3.63) is 92.9 Å². The predicted octanol–water partition coefficient (Wildman–Crippen LogP) is 6.18. The molecule has 1 aliphatic rings. The summed E-state index contributed by atoms with van der Waals surface area (Å²) in [6, 6.07) is 22.2. The highest BCUT2D eigenvalue weighted by Gasteiger charge is 2.22. The maximum atomic E-state index is 6.26. The third-order valence-corrected chi connectivity index (χ3v) is 7.17. The van der Waals surface area contributed by atoms with Crippen molar-refractivity contribution in [1.29, 1.82) is 0 Å². The lowest BCUT2D eigenvalue weighted by molar-refractivity contribution is 0.177. The molecule has 7 heteroatoms. The largest absolute Gasteiger partial charge is 0.493 e. The molecule has 0 radical (unpaired) electrons. The van der Waals surface area contributed by atoms with Crippen molar-refractivity contribution >= 4 is 44.7 Å². The van der Waals surface area contributed by atoms with Gasteiger partial charge in [-0.1, -0.05) is 72.3 Å². The Balaban J connectivity index is 1.41. The van der Waals surface area contributed by atoms with Gasteiger partial charge in [0.05, 0.1) is 11.6 Å². The molecule has 1 saturated heterocycles. The van der Waals surface area contributed by atoms with E-state index >= 15 is 0 Å². The monoisotopic (exact) mass is 544 g/mol. The number of benzene rings is 3. The van der Waals surface area contributed by atoms with E-state index in [0.29, 0.717) is 23.1 Å². The summed E-state index contributed by atoms with van der Waals surface area (Å²) in [6.45, 7) is 5.07. The van der Waals surface area contributed by atoms with E-state index in [1.54, 1.807) is 7.11 Å². The predicted molar refractivity (Wildman–Crippen MR) is 141 cm³/mol. The van der Waals surface area contributed by atoms with E-state index in [2.05, 4.69) is 56.1 Å². The topological polar surface area (TPSA) is 24.9 Å². The van der Waals surface area contributed by atoms with Crippen LogP contribution in [0, 0.1) is 0 Å². The molecule has 0 bridgehead atoms. The molecule has 0 aromatic heterocycles. The number of nitrogens with zero attached hydrogens (tertiary/aromatic N) is 2. The molecule has 3 aromatic carbocycles. The summed E-state index contributed by atoms with van der Waals surface area (Å²) in [5, 5.41) is 0.678. The van der Waals surface area contributed by atoms with Gasteiger partial charge in [-0.15, -0.1) is 0 Å². The van der Waals surface area contributed by atoms with Crippen molar-refractivity contribution in [3.63, 3.8) is 0 Å². The van der Waals surface area contributed by atoms with E-state index in [-0.39, 0.29) is 0 Å². The van der Waals surface area contributed by atoms with Crippen LogP contribution < -0.4 is 9.47 Å². The minimum Gasteiger partial charge on any atom is -0.493 e. The quantitative estimate of drug-likeness (QED) is 0.330. The van der Waals surface area contributed by atoms with Gasteiger partial charge in [0.2, 0.25) is 0 Å². The fourth-order valence-electron chi connectivity index (χ4n) is 3.88. The van der Waals surface area contributed by atoms with Gasteiger partial charge < -0.3 is 14.4 Å². The highest BCUT2D eigenvalue weighted by atomic mass is 79.9. The van der Waals surface area contributed by atoms with E-state index in [1.807, 2.05) is 36.4 Å². The van der Waals surface area contributed by atoms with Gasteiger partial charge in [-0.2, -0.15) is 0 Å². The average molecular weight is 546 g/mol. The molecule has 0 unspecified atom stereocenters. The Morgan fingerprint density at radius 3 is 2.39 bits per heavy atom. The number of hydrogen-bond acceptors (Lipinski definition) is 4. The molecular weight excluding hydrogens is 520 g/mol. The molecule has 0 spiro atoms. The standard InChI is InChI=1S/C26H26BrClN2O2S/c1-31-24-16-21(15-22(27)25(24)32-18-20-9-5-6-10-23(20)28)26(33)30-13-11-29(12-14-30)17-19-7-3-2-4-8-19/h2-10,15-16H,11-14,17-18H2,1H3. The van der Waals surface area contributed by atoms with Gasteiger partial charge in [-0.25, -0.2) is 0 Å². The van der Waals surface area contributed by atoms with Crippen molar-refractivity contribution in [3.8, 4) is 11.5 Å². The Morgan fingerprint density at radius 1 is 1.00 bits per heavy atom. The molecule has 1 aliphatic heterocycles. The van der Waals surface area contributed by atoms with Crippen molar-refractivity contribution in [2.24, 2.45) is 0 Å². The van der Waals surface area contributed by atoms with Crippen LogP contribution in [0.15, 0.2) is 71.2 Å². The van der Waals surface area contributed by atoms with Gasteiger partial charge in [0.25, 0.3) is 0 Å². The second-order valence-corrected chi connectivity index (χ2v) is 9.57. The summed E-state index contributed by atoms with van der Waals surface area (Å²) in [7, 11) is 1.64. The second-order valence-electron chi connectivity index (χ2n) is 7.92. The van der Waals surface area contributed by atoms with E-state index in [0.717, 1.165) is 53.3 Å². The molecule has 4 rings (SSSR count). The van der Waals surface area contributed by atoms with Crippen molar-refractivity contribution in [1.82, 2.24) is 9.80 Å². The highest BCUT2D eigenvalue weighted by Crippen LogP contribution is 2.38. The lowest BCUT2D eigenvalue weighted by Gasteiger charge is -2.36. The van der Waals surface area contributed by atoms with E-state index < -0.39 is 0 Å². The summed E-state index contributed by atoms with van der Waals surface area (Å²) >= 11 is 15.8. The molecule has 0 N–H and O–H groups in total. The normalized spacial score (nSPS) is 14.2. The van der Waals surface area contributed by atoms with Gasteiger partial charge in [-0.3, -0.25) is 4.90 Å². The van der Waals surface area contributed by atoms with E-state index in [9.17, 15) is 0 Å². The van der Waals surface area contributed by atoms with Gasteiger partial charge in [0, 0.05) is 48.9 Å². The van der Waals surface area contributed by atoms with Crippen LogP contribution in [0.5, 0.6) is 11.5 Å². The van der Waals surface area contributed by atoms with Crippen LogP contribution in [0.25, 0.3) is 0 Å². The Hall–Kier alpha value is -2.12. The first-order valence-electron chi connectivity index (χ1n) is 10.8. The Morgan fingerprint density at radius 2 is 1.70 bits per heavy atom. The Bertz CT molecular complexity index is 1100. The first-order valence-corrected chi connectivity index (χ1v) is 12.4. The first kappa shape index (κ1) is 24.0. The summed E-state index contributed by atoms with van der Waals surface area (Å²) in [4.78, 5) is 5.56. The lowest BCUT2D eigenvalue weighted by atomic mass is 10.1. The van der Waals surface area contributed by atoms with Gasteiger partial charge in [0.1, 0.15) is 11.6 Å². The fourth-order valence-corrected chi connectivity index (χ4v) is 4.93. The molecule has 0 atom stereocenters. The maximum absolute atomic E-state index is 6.26. The van der Waals surface area contributed by atoms with Crippen LogP contribution in [0.3, 0.4) is 0 Å². The molecule has 0 saturated carbocycles. The molecule has 0 aliphatic carbocycles. The number of ether oxygens (including phenoxy) is 2. The van der Waals surface area contributed by atoms with Crippen LogP contribution >= 0.6 is 39.7 Å². The number of hydrogen-bond donors (Lipinski definition) is 0. The van der Waals surface area contributed by atoms with Crippen LogP contribution in [-0.4, -0.2) is 48.1 Å². The maximum Gasteiger partial charge on any atom is 0.175 e. The SMILES string of the molecule is COc1cc(C(=S)N2CCN(Cc3ccccc3)CC2)cc(Br)c1OCc1ccccc1Cl. The van der Waals surface area contributed by atoms with Crippen molar-refractivity contribution in [2.75, 3.05) is 33.3 Å². The molecule has 1 fully saturated rings. The summed E-state index contributed by atoms with van der Waals surface area (Å²) in [5.74, 6) is 1.27. The minimum absolute atomic E-state index is 0.349. The van der Waals surface area contributed by atoms with Crippen LogP contribution in [-0.2, 0) is 13.2 Å². The zero-order chi connectivity index (χ0) is 23.2. The zero-order valence-corrected chi connectivity index (χ0v) is 21.6.